The zero-order valence-electron chi connectivity index (χ0n) is 19.4. The molecule has 1 amide bonds. The highest BCUT2D eigenvalue weighted by Crippen LogP contribution is 2.30. The van der Waals surface area contributed by atoms with Gasteiger partial charge in [0.15, 0.2) is 5.95 Å². The third-order valence-electron chi connectivity index (χ3n) is 5.62. The Morgan fingerprint density at radius 3 is 2.42 bits per heavy atom. The normalized spacial score (nSPS) is 11.1. The minimum atomic E-state index is -0.189. The Labute approximate surface area is 203 Å². The number of benzene rings is 2. The first kappa shape index (κ1) is 22.5. The molecule has 0 aliphatic heterocycles. The van der Waals surface area contributed by atoms with Crippen LogP contribution in [0.15, 0.2) is 48.8 Å². The van der Waals surface area contributed by atoms with Crippen molar-refractivity contribution in [2.24, 2.45) is 0 Å². The third-order valence-corrected chi connectivity index (χ3v) is 5.62. The number of carbonyl (C=O) groups is 2. The van der Waals surface area contributed by atoms with Crippen molar-refractivity contribution in [1.82, 2.24) is 29.5 Å². The summed E-state index contributed by atoms with van der Waals surface area (Å²) in [5.41, 5.74) is 20.3. The average molecular weight is 483 g/mol. The SMILES string of the molecule is CC(=O)Nc1nc(N)[nH]c2ccc3nccc3c12.CC(=O)n1ccc2c3c(N)nc(N)nc3ccc21. The number of hydrogen-bond acceptors (Lipinski definition) is 9. The number of aromatic amines is 1. The minimum Gasteiger partial charge on any atom is -0.383 e. The maximum Gasteiger partial charge on any atom is 0.227 e. The fourth-order valence-corrected chi connectivity index (χ4v) is 4.21. The molecule has 12 nitrogen and oxygen atoms in total. The zero-order chi connectivity index (χ0) is 25.6. The largest absolute Gasteiger partial charge is 0.383 e. The number of nitrogens with one attached hydrogen (secondary N) is 2. The Morgan fingerprint density at radius 2 is 1.67 bits per heavy atom. The number of rotatable bonds is 1. The van der Waals surface area contributed by atoms with Gasteiger partial charge < -0.3 is 27.5 Å². The highest BCUT2D eigenvalue weighted by Gasteiger charge is 2.12. The lowest BCUT2D eigenvalue weighted by Crippen LogP contribution is -2.10. The fraction of sp³-hybridized carbons (Fsp3) is 0.0833. The average Bonchev–Trinajstić information content (AvgIpc) is 3.45. The van der Waals surface area contributed by atoms with Gasteiger partial charge in [0, 0.05) is 37.0 Å². The molecule has 0 bridgehead atoms. The van der Waals surface area contributed by atoms with Crippen LogP contribution in [0.2, 0.25) is 0 Å². The number of H-pyrrole nitrogens is 1. The van der Waals surface area contributed by atoms with Gasteiger partial charge in [0.05, 0.1) is 32.8 Å². The number of amides is 1. The van der Waals surface area contributed by atoms with Gasteiger partial charge >= 0.3 is 0 Å². The van der Waals surface area contributed by atoms with E-state index in [1.54, 1.807) is 23.0 Å². The van der Waals surface area contributed by atoms with Gasteiger partial charge in [-0.15, -0.1) is 0 Å². The molecular formula is C24H22N10O2. The van der Waals surface area contributed by atoms with Crippen molar-refractivity contribution in [2.45, 2.75) is 13.8 Å². The summed E-state index contributed by atoms with van der Waals surface area (Å²) < 4.78 is 1.56. The van der Waals surface area contributed by atoms with E-state index in [0.29, 0.717) is 17.2 Å². The van der Waals surface area contributed by atoms with E-state index in [2.05, 4.69) is 30.2 Å². The summed E-state index contributed by atoms with van der Waals surface area (Å²) in [7, 11) is 0. The molecular weight excluding hydrogens is 460 g/mol. The van der Waals surface area contributed by atoms with Crippen molar-refractivity contribution >= 4 is 79.0 Å². The van der Waals surface area contributed by atoms with Crippen LogP contribution in [0.4, 0.5) is 23.5 Å². The molecule has 4 aromatic heterocycles. The summed E-state index contributed by atoms with van der Waals surface area (Å²) >= 11 is 0. The Bertz CT molecular complexity index is 1820. The number of hydrogen-bond donors (Lipinski definition) is 5. The van der Waals surface area contributed by atoms with Crippen molar-refractivity contribution in [2.75, 3.05) is 22.5 Å². The standard InChI is InChI=1S/2C12H11N5O/c1-6(18)17-5-4-7-9(17)3-2-8-10(7)11(13)16-12(14)15-8;1-6(18)15-11-10-7-4-5-14-8(7)2-3-9(10)16-12(13)17-11/h2-5H,1H3,(H4,13,14,15,16);2-5H,1H3,(H,15,18)(H3,13,16,17). The van der Waals surface area contributed by atoms with E-state index < -0.39 is 0 Å². The van der Waals surface area contributed by atoms with Gasteiger partial charge in [-0.3, -0.25) is 19.1 Å². The molecule has 0 saturated carbocycles. The molecule has 4 heterocycles. The van der Waals surface area contributed by atoms with Crippen LogP contribution in [0.3, 0.4) is 0 Å². The van der Waals surface area contributed by atoms with Crippen LogP contribution in [0.25, 0.3) is 43.6 Å². The first-order valence-corrected chi connectivity index (χ1v) is 10.9. The fourth-order valence-electron chi connectivity index (χ4n) is 4.21. The zero-order valence-corrected chi connectivity index (χ0v) is 19.4. The van der Waals surface area contributed by atoms with Gasteiger partial charge in [-0.25, -0.2) is 4.98 Å². The Hall–Kier alpha value is -5.26. The predicted octanol–water partition coefficient (Wildman–Crippen LogP) is 3.06. The molecule has 36 heavy (non-hydrogen) atoms. The van der Waals surface area contributed by atoms with Crippen molar-refractivity contribution in [3.8, 4) is 0 Å². The van der Waals surface area contributed by atoms with Gasteiger partial charge in [-0.2, -0.15) is 9.97 Å². The maximum atomic E-state index is 11.5. The van der Waals surface area contributed by atoms with Gasteiger partial charge in [-0.1, -0.05) is 0 Å². The van der Waals surface area contributed by atoms with Crippen LogP contribution in [-0.2, 0) is 4.79 Å². The molecule has 8 N–H and O–H groups in total. The van der Waals surface area contributed by atoms with Crippen molar-refractivity contribution in [3.63, 3.8) is 0 Å². The molecule has 12 heteroatoms. The maximum absolute atomic E-state index is 11.5. The van der Waals surface area contributed by atoms with Crippen LogP contribution in [0.1, 0.15) is 18.6 Å². The Morgan fingerprint density at radius 1 is 0.889 bits per heavy atom. The molecule has 6 rings (SSSR count). The summed E-state index contributed by atoms with van der Waals surface area (Å²) in [5.74, 6) is 0.928. The monoisotopic (exact) mass is 482 g/mol. The molecule has 0 radical (unpaired) electrons. The van der Waals surface area contributed by atoms with Gasteiger partial charge in [-0.05, 0) is 36.4 Å². The smallest absolute Gasteiger partial charge is 0.227 e. The number of fused-ring (bicyclic) bond motifs is 6. The molecule has 0 aliphatic rings. The van der Waals surface area contributed by atoms with E-state index >= 15 is 0 Å². The minimum absolute atomic E-state index is 0.0562. The van der Waals surface area contributed by atoms with Crippen molar-refractivity contribution < 1.29 is 9.59 Å². The number of carbonyl (C=O) groups excluding carboxylic acids is 2. The lowest BCUT2D eigenvalue weighted by Gasteiger charge is -2.08. The van der Waals surface area contributed by atoms with Crippen LogP contribution in [0, 0.1) is 0 Å². The quantitative estimate of drug-likeness (QED) is 0.234. The van der Waals surface area contributed by atoms with Crippen LogP contribution >= 0.6 is 0 Å². The molecule has 0 fully saturated rings. The topological polar surface area (TPSA) is 197 Å². The Balaban J connectivity index is 0.000000148. The first-order chi connectivity index (χ1) is 17.2. The van der Waals surface area contributed by atoms with Crippen LogP contribution in [0.5, 0.6) is 0 Å². The molecule has 0 atom stereocenters. The number of nitrogen functional groups attached to an aromatic ring is 3. The third kappa shape index (κ3) is 3.86. The summed E-state index contributed by atoms with van der Waals surface area (Å²) in [4.78, 5) is 42.1. The summed E-state index contributed by atoms with van der Waals surface area (Å²) in [5, 5.41) is 6.01. The summed E-state index contributed by atoms with van der Waals surface area (Å²) in [6.45, 7) is 2.94. The van der Waals surface area contributed by atoms with E-state index in [9.17, 15) is 9.59 Å². The highest BCUT2D eigenvalue weighted by atomic mass is 16.2. The number of anilines is 4. The molecule has 0 aliphatic carbocycles. The second-order valence-corrected chi connectivity index (χ2v) is 8.08. The van der Waals surface area contributed by atoms with E-state index in [1.807, 2.05) is 30.3 Å². The number of aromatic nitrogens is 6. The highest BCUT2D eigenvalue weighted by molar-refractivity contribution is 6.13. The molecule has 0 saturated heterocycles. The second kappa shape index (κ2) is 8.51. The summed E-state index contributed by atoms with van der Waals surface area (Å²) in [6, 6.07) is 11.1. The summed E-state index contributed by atoms with van der Waals surface area (Å²) in [6.07, 6.45) is 3.43. The van der Waals surface area contributed by atoms with E-state index in [-0.39, 0.29) is 23.7 Å². The van der Waals surface area contributed by atoms with Crippen LogP contribution in [-0.4, -0.2) is 41.3 Å². The van der Waals surface area contributed by atoms with Crippen LogP contribution < -0.4 is 22.5 Å². The number of nitrogens with zero attached hydrogens (tertiary/aromatic N) is 5. The van der Waals surface area contributed by atoms with Crippen molar-refractivity contribution in [1.29, 1.82) is 0 Å². The number of nitrogens with two attached hydrogens (primary N) is 3. The lowest BCUT2D eigenvalue weighted by atomic mass is 10.1. The van der Waals surface area contributed by atoms with E-state index in [0.717, 1.165) is 38.1 Å². The first-order valence-electron chi connectivity index (χ1n) is 10.9. The lowest BCUT2D eigenvalue weighted by molar-refractivity contribution is -0.114. The van der Waals surface area contributed by atoms with E-state index in [4.69, 9.17) is 17.2 Å². The predicted molar refractivity (Wildman–Crippen MR) is 140 cm³/mol. The van der Waals surface area contributed by atoms with Gasteiger partial charge in [0.1, 0.15) is 11.6 Å². The molecule has 0 unspecified atom stereocenters. The Kier molecular flexibility index (Phi) is 5.32. The van der Waals surface area contributed by atoms with Gasteiger partial charge in [0.25, 0.3) is 0 Å². The van der Waals surface area contributed by atoms with Crippen molar-refractivity contribution in [3.05, 3.63) is 48.8 Å². The molecule has 2 aromatic carbocycles. The van der Waals surface area contributed by atoms with Gasteiger partial charge in [0.2, 0.25) is 17.8 Å². The second-order valence-electron chi connectivity index (χ2n) is 8.08. The molecule has 180 valence electrons. The molecule has 6 aromatic rings. The van der Waals surface area contributed by atoms with E-state index in [1.165, 1.54) is 13.8 Å². The molecule has 0 spiro atoms.